The van der Waals surface area contributed by atoms with E-state index in [4.69, 9.17) is 13.8 Å². The van der Waals surface area contributed by atoms with Crippen LogP contribution in [-0.4, -0.2) is 122 Å². The Morgan fingerprint density at radius 2 is 1.29 bits per heavy atom. The van der Waals surface area contributed by atoms with Crippen LogP contribution in [0.3, 0.4) is 0 Å². The van der Waals surface area contributed by atoms with E-state index in [1.54, 1.807) is 0 Å². The van der Waals surface area contributed by atoms with Gasteiger partial charge in [-0.15, -0.1) is 0 Å². The van der Waals surface area contributed by atoms with Gasteiger partial charge in [0, 0.05) is 90.6 Å². The molecule has 38 heavy (non-hydrogen) atoms. The number of hydrogen-bond donors (Lipinski definition) is 0. The second-order valence-corrected chi connectivity index (χ2v) is 11.2. The first-order valence-corrected chi connectivity index (χ1v) is 14.9. The third kappa shape index (κ3) is 10.8. The molecule has 0 N–H and O–H groups in total. The Balaban J connectivity index is 0.965. The van der Waals surface area contributed by atoms with E-state index in [0.29, 0.717) is 0 Å². The minimum Gasteiger partial charge on any atom is -0.380 e. The highest BCUT2D eigenvalue weighted by Crippen LogP contribution is 2.12. The van der Waals surface area contributed by atoms with Crippen molar-refractivity contribution in [2.45, 2.75) is 58.3 Å². The maximum atomic E-state index is 5.84. The van der Waals surface area contributed by atoms with E-state index in [0.717, 1.165) is 101 Å². The first-order valence-electron chi connectivity index (χ1n) is 14.9. The lowest BCUT2D eigenvalue weighted by atomic mass is 10.1. The Morgan fingerprint density at radius 3 is 2.05 bits per heavy atom. The van der Waals surface area contributed by atoms with Gasteiger partial charge in [-0.25, -0.2) is 0 Å². The van der Waals surface area contributed by atoms with E-state index in [1.165, 1.54) is 58.4 Å². The molecular weight excluding hydrogens is 480 g/mol. The average Bonchev–Trinajstić information content (AvgIpc) is 3.57. The van der Waals surface area contributed by atoms with Gasteiger partial charge in [-0.2, -0.15) is 0 Å². The van der Waals surface area contributed by atoms with E-state index in [9.17, 15) is 0 Å². The Morgan fingerprint density at radius 1 is 0.658 bits per heavy atom. The van der Waals surface area contributed by atoms with E-state index >= 15 is 0 Å². The number of rotatable bonds is 17. The van der Waals surface area contributed by atoms with Gasteiger partial charge in [-0.3, -0.25) is 4.90 Å². The number of piperazine rings is 2. The summed E-state index contributed by atoms with van der Waals surface area (Å²) in [5.74, 6) is 1.91. The van der Waals surface area contributed by atoms with Gasteiger partial charge in [0.05, 0.1) is 18.0 Å². The van der Waals surface area contributed by atoms with Gasteiger partial charge >= 0.3 is 0 Å². The maximum Gasteiger partial charge on any atom is 0.138 e. The van der Waals surface area contributed by atoms with Gasteiger partial charge in [0.1, 0.15) is 11.5 Å². The lowest BCUT2D eigenvalue weighted by Crippen LogP contribution is -2.47. The molecular formula is C29H50N6O3. The third-order valence-corrected chi connectivity index (χ3v) is 7.95. The molecule has 0 atom stereocenters. The Labute approximate surface area is 229 Å². The number of unbranched alkanes of at least 4 members (excludes halogenated alkanes) is 3. The second-order valence-electron chi connectivity index (χ2n) is 11.2. The summed E-state index contributed by atoms with van der Waals surface area (Å²) in [7, 11) is 2.22. The first-order chi connectivity index (χ1) is 18.6. The molecule has 0 spiro atoms. The lowest BCUT2D eigenvalue weighted by molar-refractivity contribution is 0.0744. The van der Waals surface area contributed by atoms with E-state index in [2.05, 4.69) is 43.0 Å². The van der Waals surface area contributed by atoms with Crippen LogP contribution in [0.1, 0.15) is 55.0 Å². The number of hydrogen-bond acceptors (Lipinski definition) is 9. The molecule has 2 aliphatic heterocycles. The van der Waals surface area contributed by atoms with Gasteiger partial charge in [0.25, 0.3) is 0 Å². The van der Waals surface area contributed by atoms with Crippen LogP contribution in [0.5, 0.6) is 0 Å². The highest BCUT2D eigenvalue weighted by molar-refractivity contribution is 5.06. The van der Waals surface area contributed by atoms with E-state index in [1.807, 2.05) is 13.0 Å². The van der Waals surface area contributed by atoms with Crippen molar-refractivity contribution in [3.63, 3.8) is 0 Å². The molecule has 214 valence electrons. The molecule has 2 fully saturated rings. The fourth-order valence-electron chi connectivity index (χ4n) is 5.35. The van der Waals surface area contributed by atoms with Crippen molar-refractivity contribution >= 4 is 0 Å². The van der Waals surface area contributed by atoms with Crippen LogP contribution in [-0.2, 0) is 24.0 Å². The number of nitrogens with zero attached hydrogens (tertiary/aromatic N) is 6. The van der Waals surface area contributed by atoms with Crippen molar-refractivity contribution in [1.29, 1.82) is 0 Å². The number of ether oxygens (including phenoxy) is 1. The van der Waals surface area contributed by atoms with Crippen molar-refractivity contribution in [3.05, 3.63) is 35.0 Å². The summed E-state index contributed by atoms with van der Waals surface area (Å²) < 4.78 is 16.6. The summed E-state index contributed by atoms with van der Waals surface area (Å²) >= 11 is 0. The van der Waals surface area contributed by atoms with E-state index < -0.39 is 0 Å². The Bertz CT molecular complexity index is 887. The molecule has 2 aliphatic rings. The Hall–Kier alpha value is -1.78. The molecule has 0 unspecified atom stereocenters. The normalized spacial score (nSPS) is 18.5. The molecule has 2 aromatic heterocycles. The fraction of sp³-hybridized carbons (Fsp3) is 0.793. The standard InChI is InChI=1S/C29H50N6O3/c1-26-24-27(30-37-26)9-7-22-36-23-21-35-19-17-34(18-20-35)12-10-29-25-28(31-38-29)8-5-3-4-6-11-33-15-13-32(2)14-16-33/h24-25H,3-23H2,1-2H3. The van der Waals surface area contributed by atoms with Crippen LogP contribution >= 0.6 is 0 Å². The predicted octanol–water partition coefficient (Wildman–Crippen LogP) is 3.13. The van der Waals surface area contributed by atoms with Gasteiger partial charge < -0.3 is 28.5 Å². The third-order valence-electron chi connectivity index (χ3n) is 7.95. The zero-order valence-corrected chi connectivity index (χ0v) is 23.9. The molecule has 2 saturated heterocycles. The number of aryl methyl sites for hydroxylation is 3. The average molecular weight is 531 g/mol. The maximum absolute atomic E-state index is 5.84. The summed E-state index contributed by atoms with van der Waals surface area (Å²) in [6, 6.07) is 4.18. The molecule has 0 bridgehead atoms. The topological polar surface area (TPSA) is 74.2 Å². The van der Waals surface area contributed by atoms with E-state index in [-0.39, 0.29) is 0 Å². The first kappa shape index (κ1) is 29.2. The van der Waals surface area contributed by atoms with Crippen LogP contribution < -0.4 is 0 Å². The van der Waals surface area contributed by atoms with Gasteiger partial charge in [-0.05, 0) is 52.6 Å². The van der Waals surface area contributed by atoms with Gasteiger partial charge in [-0.1, -0.05) is 23.2 Å². The minimum atomic E-state index is 0.780. The molecule has 9 heteroatoms. The zero-order chi connectivity index (χ0) is 26.4. The van der Waals surface area contributed by atoms with Crippen molar-refractivity contribution < 1.29 is 13.8 Å². The molecule has 2 aromatic rings. The number of aromatic nitrogens is 2. The monoisotopic (exact) mass is 530 g/mol. The summed E-state index contributed by atoms with van der Waals surface area (Å²) in [4.78, 5) is 10.1. The molecule has 4 heterocycles. The quantitative estimate of drug-likeness (QED) is 0.287. The van der Waals surface area contributed by atoms with Crippen molar-refractivity contribution in [2.75, 3.05) is 92.3 Å². The highest BCUT2D eigenvalue weighted by Gasteiger charge is 2.17. The van der Waals surface area contributed by atoms with Gasteiger partial charge in [0.15, 0.2) is 0 Å². The second kappa shape index (κ2) is 16.4. The largest absolute Gasteiger partial charge is 0.380 e. The lowest BCUT2D eigenvalue weighted by Gasteiger charge is -2.34. The summed E-state index contributed by atoms with van der Waals surface area (Å²) in [5.41, 5.74) is 2.14. The minimum absolute atomic E-state index is 0.780. The highest BCUT2D eigenvalue weighted by atomic mass is 16.5. The predicted molar refractivity (Wildman–Crippen MR) is 150 cm³/mol. The van der Waals surface area contributed by atoms with Gasteiger partial charge in [0.2, 0.25) is 0 Å². The summed E-state index contributed by atoms with van der Waals surface area (Å²) in [5, 5.41) is 8.36. The Kier molecular flexibility index (Phi) is 12.6. The van der Waals surface area contributed by atoms with Crippen LogP contribution in [0.25, 0.3) is 0 Å². The van der Waals surface area contributed by atoms with Crippen molar-refractivity contribution in [2.24, 2.45) is 0 Å². The molecule has 0 aromatic carbocycles. The van der Waals surface area contributed by atoms with Crippen LogP contribution in [0.4, 0.5) is 0 Å². The van der Waals surface area contributed by atoms with Crippen molar-refractivity contribution in [3.8, 4) is 0 Å². The zero-order valence-electron chi connectivity index (χ0n) is 23.9. The molecule has 0 aliphatic carbocycles. The SMILES string of the molecule is Cc1cc(CCCOCCN2CCN(CCc3cc(CCCCCCN4CCN(C)CC4)no3)CC2)no1. The fourth-order valence-corrected chi connectivity index (χ4v) is 5.35. The molecule has 9 nitrogen and oxygen atoms in total. The smallest absolute Gasteiger partial charge is 0.138 e. The molecule has 0 radical (unpaired) electrons. The molecule has 0 saturated carbocycles. The number of likely N-dealkylation sites (N-methyl/N-ethyl adjacent to an activating group) is 1. The van der Waals surface area contributed by atoms with Crippen LogP contribution in [0.2, 0.25) is 0 Å². The molecule has 4 rings (SSSR count). The summed E-state index contributed by atoms with van der Waals surface area (Å²) in [6.07, 6.45) is 9.03. The molecule has 0 amide bonds. The van der Waals surface area contributed by atoms with Crippen molar-refractivity contribution in [1.82, 2.24) is 29.9 Å². The summed E-state index contributed by atoms with van der Waals surface area (Å²) in [6.45, 7) is 16.2. The van der Waals surface area contributed by atoms with Crippen LogP contribution in [0, 0.1) is 6.92 Å². The van der Waals surface area contributed by atoms with Crippen LogP contribution in [0.15, 0.2) is 21.2 Å².